The van der Waals surface area contributed by atoms with Gasteiger partial charge in [0, 0.05) is 13.6 Å². The van der Waals surface area contributed by atoms with Crippen molar-refractivity contribution in [3.8, 4) is 0 Å². The predicted octanol–water partition coefficient (Wildman–Crippen LogP) is 2.29. The molecule has 3 heterocycles. The summed E-state index contributed by atoms with van der Waals surface area (Å²) in [7, 11) is 1.85. The molecule has 25 heavy (non-hydrogen) atoms. The quantitative estimate of drug-likeness (QED) is 0.722. The van der Waals surface area contributed by atoms with Crippen LogP contribution in [0.25, 0.3) is 11.0 Å². The molecule has 4 rings (SSSR count). The summed E-state index contributed by atoms with van der Waals surface area (Å²) in [6.07, 6.45) is 3.39. The molecule has 0 saturated carbocycles. The summed E-state index contributed by atoms with van der Waals surface area (Å²) in [6.45, 7) is 0.703. The molecule has 1 fully saturated rings. The summed E-state index contributed by atoms with van der Waals surface area (Å²) in [5.41, 5.74) is 1.37. The minimum absolute atomic E-state index is 0.0436. The summed E-state index contributed by atoms with van der Waals surface area (Å²) in [5.74, 6) is 0.761. The maximum Gasteiger partial charge on any atom is 0.233 e. The molecule has 1 atom stereocenters. The van der Waals surface area contributed by atoms with Crippen molar-refractivity contribution in [2.45, 2.75) is 24.0 Å². The van der Waals surface area contributed by atoms with Crippen LogP contribution in [0.5, 0.6) is 0 Å². The first-order valence-corrected chi connectivity index (χ1v) is 9.02. The van der Waals surface area contributed by atoms with Crippen LogP contribution in [0.1, 0.15) is 24.7 Å². The van der Waals surface area contributed by atoms with Crippen molar-refractivity contribution >= 4 is 28.7 Å². The summed E-state index contributed by atoms with van der Waals surface area (Å²) in [6, 6.07) is 4.37. The molecule has 1 amide bonds. The van der Waals surface area contributed by atoms with Gasteiger partial charge in [0.05, 0.1) is 22.8 Å². The fourth-order valence-electron chi connectivity index (χ4n) is 3.12. The van der Waals surface area contributed by atoms with Crippen LogP contribution in [-0.2, 0) is 11.8 Å². The lowest BCUT2D eigenvalue weighted by atomic mass is 10.2. The molecule has 0 bridgehead atoms. The molecule has 1 N–H and O–H groups in total. The number of aromatic amines is 1. The normalized spacial score (nSPS) is 17.5. The van der Waals surface area contributed by atoms with Crippen molar-refractivity contribution in [2.75, 3.05) is 12.3 Å². The third-order valence-electron chi connectivity index (χ3n) is 4.35. The zero-order valence-corrected chi connectivity index (χ0v) is 14.5. The van der Waals surface area contributed by atoms with Crippen molar-refractivity contribution in [3.05, 3.63) is 36.2 Å². The number of amides is 1. The highest BCUT2D eigenvalue weighted by atomic mass is 32.2. The Balaban J connectivity index is 1.50. The summed E-state index contributed by atoms with van der Waals surface area (Å²) < 4.78 is 15.2. The van der Waals surface area contributed by atoms with Crippen LogP contribution in [0.15, 0.2) is 29.7 Å². The van der Waals surface area contributed by atoms with E-state index in [-0.39, 0.29) is 17.8 Å². The van der Waals surface area contributed by atoms with E-state index in [0.29, 0.717) is 28.5 Å². The first-order valence-electron chi connectivity index (χ1n) is 8.03. The maximum absolute atomic E-state index is 13.4. The van der Waals surface area contributed by atoms with Crippen LogP contribution < -0.4 is 0 Å². The molecule has 2 aromatic heterocycles. The van der Waals surface area contributed by atoms with E-state index in [0.717, 1.165) is 18.7 Å². The van der Waals surface area contributed by atoms with E-state index in [1.165, 1.54) is 23.9 Å². The lowest BCUT2D eigenvalue weighted by molar-refractivity contribution is -0.129. The number of carbonyl (C=O) groups is 1. The van der Waals surface area contributed by atoms with Crippen molar-refractivity contribution < 1.29 is 9.18 Å². The molecule has 0 aliphatic carbocycles. The molecule has 9 heteroatoms. The van der Waals surface area contributed by atoms with Gasteiger partial charge >= 0.3 is 0 Å². The molecule has 7 nitrogen and oxygen atoms in total. The molecular weight excluding hydrogens is 343 g/mol. The number of aryl methyl sites for hydroxylation is 1. The molecule has 0 spiro atoms. The van der Waals surface area contributed by atoms with E-state index in [1.807, 2.05) is 11.9 Å². The molecule has 3 aromatic rings. The monoisotopic (exact) mass is 360 g/mol. The standard InChI is InChI=1S/C16H17FN6OS/c1-22-9-18-21-16(22)25-8-14(24)23-6-2-3-13(23)15-19-11-5-4-10(17)7-12(11)20-15/h4-5,7,9,13H,2-3,6,8H2,1H3,(H,19,20)/t13-/m0/s1. The van der Waals surface area contributed by atoms with Gasteiger partial charge in [0.25, 0.3) is 0 Å². The van der Waals surface area contributed by atoms with Crippen LogP contribution in [0.2, 0.25) is 0 Å². The molecule has 1 aromatic carbocycles. The van der Waals surface area contributed by atoms with Crippen molar-refractivity contribution in [2.24, 2.45) is 7.05 Å². The fourth-order valence-corrected chi connectivity index (χ4v) is 3.90. The van der Waals surface area contributed by atoms with Crippen LogP contribution in [-0.4, -0.2) is 47.8 Å². The van der Waals surface area contributed by atoms with E-state index in [2.05, 4.69) is 20.2 Å². The molecule has 130 valence electrons. The average Bonchev–Trinajstić information content (AvgIpc) is 3.30. The summed E-state index contributed by atoms with van der Waals surface area (Å²) in [4.78, 5) is 22.2. The minimum Gasteiger partial charge on any atom is -0.340 e. The van der Waals surface area contributed by atoms with Crippen LogP contribution in [0.3, 0.4) is 0 Å². The number of rotatable bonds is 4. The van der Waals surface area contributed by atoms with E-state index in [1.54, 1.807) is 17.0 Å². The molecule has 1 saturated heterocycles. The van der Waals surface area contributed by atoms with Gasteiger partial charge in [-0.2, -0.15) is 0 Å². The van der Waals surface area contributed by atoms with Gasteiger partial charge in [-0.1, -0.05) is 11.8 Å². The first kappa shape index (κ1) is 16.1. The third kappa shape index (κ3) is 3.11. The van der Waals surface area contributed by atoms with Gasteiger partial charge < -0.3 is 14.5 Å². The Kier molecular flexibility index (Phi) is 4.16. The number of nitrogens with one attached hydrogen (secondary N) is 1. The number of aromatic nitrogens is 5. The van der Waals surface area contributed by atoms with Gasteiger partial charge in [-0.25, -0.2) is 9.37 Å². The fraction of sp³-hybridized carbons (Fsp3) is 0.375. The number of fused-ring (bicyclic) bond motifs is 1. The average molecular weight is 360 g/mol. The summed E-state index contributed by atoms with van der Waals surface area (Å²) in [5, 5.41) is 8.50. The van der Waals surface area contributed by atoms with Crippen LogP contribution in [0.4, 0.5) is 4.39 Å². The van der Waals surface area contributed by atoms with Gasteiger partial charge in [0.15, 0.2) is 5.16 Å². The molecule has 1 aliphatic heterocycles. The van der Waals surface area contributed by atoms with E-state index in [4.69, 9.17) is 0 Å². The number of hydrogen-bond donors (Lipinski definition) is 1. The zero-order chi connectivity index (χ0) is 17.4. The highest BCUT2D eigenvalue weighted by Crippen LogP contribution is 2.32. The van der Waals surface area contributed by atoms with Crippen LogP contribution >= 0.6 is 11.8 Å². The number of benzene rings is 1. The van der Waals surface area contributed by atoms with E-state index >= 15 is 0 Å². The molecule has 1 aliphatic rings. The number of nitrogens with zero attached hydrogens (tertiary/aromatic N) is 5. The Hall–Kier alpha value is -2.42. The molecular formula is C16H17FN6OS. The van der Waals surface area contributed by atoms with Gasteiger partial charge in [0.2, 0.25) is 5.91 Å². The number of carbonyl (C=O) groups excluding carboxylic acids is 1. The topological polar surface area (TPSA) is 79.7 Å². The lowest BCUT2D eigenvalue weighted by Crippen LogP contribution is -2.32. The SMILES string of the molecule is Cn1cnnc1SCC(=O)N1CCC[C@H]1c1nc2ccc(F)cc2[nH]1. The Labute approximate surface area is 147 Å². The van der Waals surface area contributed by atoms with Crippen molar-refractivity contribution in [1.29, 1.82) is 0 Å². The first-order chi connectivity index (χ1) is 12.1. The van der Waals surface area contributed by atoms with Gasteiger partial charge in [-0.15, -0.1) is 10.2 Å². The smallest absolute Gasteiger partial charge is 0.233 e. The number of likely N-dealkylation sites (tertiary alicyclic amines) is 1. The van der Waals surface area contributed by atoms with Crippen LogP contribution in [0, 0.1) is 5.82 Å². The Bertz CT molecular complexity index is 922. The number of hydrogen-bond acceptors (Lipinski definition) is 5. The minimum atomic E-state index is -0.304. The van der Waals surface area contributed by atoms with Gasteiger partial charge in [0.1, 0.15) is 18.0 Å². The lowest BCUT2D eigenvalue weighted by Gasteiger charge is -2.22. The number of H-pyrrole nitrogens is 1. The van der Waals surface area contributed by atoms with Crippen molar-refractivity contribution in [3.63, 3.8) is 0 Å². The van der Waals surface area contributed by atoms with Gasteiger partial charge in [-0.05, 0) is 31.0 Å². The number of thioether (sulfide) groups is 1. The second kappa shape index (κ2) is 6.47. The number of halogens is 1. The number of imidazole rings is 1. The summed E-state index contributed by atoms with van der Waals surface area (Å²) >= 11 is 1.37. The van der Waals surface area contributed by atoms with E-state index in [9.17, 15) is 9.18 Å². The Morgan fingerprint density at radius 3 is 3.16 bits per heavy atom. The maximum atomic E-state index is 13.4. The zero-order valence-electron chi connectivity index (χ0n) is 13.6. The van der Waals surface area contributed by atoms with E-state index < -0.39 is 0 Å². The highest BCUT2D eigenvalue weighted by Gasteiger charge is 2.32. The third-order valence-corrected chi connectivity index (χ3v) is 5.36. The van der Waals surface area contributed by atoms with Crippen molar-refractivity contribution in [1.82, 2.24) is 29.6 Å². The molecule has 0 radical (unpaired) electrons. The Morgan fingerprint density at radius 2 is 2.36 bits per heavy atom. The predicted molar refractivity (Wildman–Crippen MR) is 91.5 cm³/mol. The molecule has 0 unspecified atom stereocenters. The highest BCUT2D eigenvalue weighted by molar-refractivity contribution is 7.99. The largest absolute Gasteiger partial charge is 0.340 e. The Morgan fingerprint density at radius 1 is 1.48 bits per heavy atom. The second-order valence-electron chi connectivity index (χ2n) is 6.04. The second-order valence-corrected chi connectivity index (χ2v) is 6.98. The van der Waals surface area contributed by atoms with Gasteiger partial charge in [-0.3, -0.25) is 4.79 Å².